The molecule has 0 aliphatic carbocycles. The summed E-state index contributed by atoms with van der Waals surface area (Å²) >= 11 is 6.16. The molecule has 2 rings (SSSR count). The van der Waals surface area contributed by atoms with Crippen LogP contribution in [0.15, 0.2) is 30.5 Å². The first-order valence-electron chi connectivity index (χ1n) is 5.99. The summed E-state index contributed by atoms with van der Waals surface area (Å²) < 4.78 is 0. The number of rotatable bonds is 5. The van der Waals surface area contributed by atoms with Crippen molar-refractivity contribution in [3.8, 4) is 0 Å². The van der Waals surface area contributed by atoms with Crippen molar-refractivity contribution in [1.82, 2.24) is 10.3 Å². The summed E-state index contributed by atoms with van der Waals surface area (Å²) in [5, 5.41) is 5.00. The largest absolute Gasteiger partial charge is 0.320 e. The molecule has 0 bridgehead atoms. The van der Waals surface area contributed by atoms with E-state index in [0.29, 0.717) is 0 Å². The molecule has 90 valence electrons. The molecular formula is C14H17ClN2. The second-order valence-corrected chi connectivity index (χ2v) is 4.57. The van der Waals surface area contributed by atoms with Gasteiger partial charge in [0.25, 0.3) is 0 Å². The first-order chi connectivity index (χ1) is 8.33. The summed E-state index contributed by atoms with van der Waals surface area (Å²) in [7, 11) is 1.99. The Hall–Kier alpha value is -1.12. The first kappa shape index (κ1) is 12.3. The van der Waals surface area contributed by atoms with Gasteiger partial charge in [0.15, 0.2) is 0 Å². The number of nitrogens with zero attached hydrogens (tertiary/aromatic N) is 1. The third-order valence-electron chi connectivity index (χ3n) is 2.92. The van der Waals surface area contributed by atoms with Crippen LogP contribution in [0.4, 0.5) is 0 Å². The predicted molar refractivity (Wildman–Crippen MR) is 73.6 cm³/mol. The Morgan fingerprint density at radius 2 is 2.12 bits per heavy atom. The minimum Gasteiger partial charge on any atom is -0.320 e. The van der Waals surface area contributed by atoms with E-state index in [-0.39, 0.29) is 0 Å². The third-order valence-corrected chi connectivity index (χ3v) is 3.25. The van der Waals surface area contributed by atoms with Crippen LogP contribution >= 0.6 is 11.6 Å². The lowest BCUT2D eigenvalue weighted by Gasteiger charge is -2.07. The Morgan fingerprint density at radius 1 is 1.24 bits per heavy atom. The fourth-order valence-corrected chi connectivity index (χ4v) is 2.23. The maximum Gasteiger partial charge on any atom is 0.0748 e. The van der Waals surface area contributed by atoms with E-state index in [1.807, 2.05) is 31.4 Å². The Labute approximate surface area is 107 Å². The molecule has 0 unspecified atom stereocenters. The molecule has 0 radical (unpaired) electrons. The number of unbranched alkanes of at least 4 members (excludes halogenated alkanes) is 1. The summed E-state index contributed by atoms with van der Waals surface area (Å²) in [5.41, 5.74) is 2.34. The van der Waals surface area contributed by atoms with Gasteiger partial charge in [0, 0.05) is 16.6 Å². The molecule has 0 saturated carbocycles. The van der Waals surface area contributed by atoms with Gasteiger partial charge in [-0.15, -0.1) is 0 Å². The number of fused-ring (bicyclic) bond motifs is 1. The predicted octanol–water partition coefficient (Wildman–Crippen LogP) is 3.43. The Bertz CT molecular complexity index is 497. The van der Waals surface area contributed by atoms with Crippen LogP contribution in [0.25, 0.3) is 10.9 Å². The van der Waals surface area contributed by atoms with Crippen LogP contribution < -0.4 is 5.32 Å². The maximum absolute atomic E-state index is 6.16. The Morgan fingerprint density at radius 3 is 2.94 bits per heavy atom. The van der Waals surface area contributed by atoms with E-state index in [0.717, 1.165) is 28.9 Å². The van der Waals surface area contributed by atoms with Crippen molar-refractivity contribution in [2.24, 2.45) is 0 Å². The van der Waals surface area contributed by atoms with E-state index in [1.165, 1.54) is 18.4 Å². The number of hydrogen-bond acceptors (Lipinski definition) is 2. The van der Waals surface area contributed by atoms with Crippen LogP contribution in [0.5, 0.6) is 0 Å². The number of benzene rings is 1. The SMILES string of the molecule is CNCCCCc1ccc(Cl)c2cccnc12. The van der Waals surface area contributed by atoms with Gasteiger partial charge in [0.1, 0.15) is 0 Å². The average molecular weight is 249 g/mol. The van der Waals surface area contributed by atoms with Crippen LogP contribution in [0.1, 0.15) is 18.4 Å². The molecule has 0 aliphatic heterocycles. The molecule has 0 aliphatic rings. The summed E-state index contributed by atoms with van der Waals surface area (Å²) in [6, 6.07) is 8.02. The van der Waals surface area contributed by atoms with Crippen LogP contribution in [-0.4, -0.2) is 18.6 Å². The summed E-state index contributed by atoms with van der Waals surface area (Å²) in [5.74, 6) is 0. The smallest absolute Gasteiger partial charge is 0.0748 e. The molecule has 2 aromatic rings. The Kier molecular flexibility index (Phi) is 4.35. The first-order valence-corrected chi connectivity index (χ1v) is 6.37. The van der Waals surface area contributed by atoms with Gasteiger partial charge in [-0.2, -0.15) is 0 Å². The number of hydrogen-bond donors (Lipinski definition) is 1. The van der Waals surface area contributed by atoms with Crippen molar-refractivity contribution in [3.63, 3.8) is 0 Å². The minimum atomic E-state index is 0.784. The molecule has 17 heavy (non-hydrogen) atoms. The molecular weight excluding hydrogens is 232 g/mol. The monoisotopic (exact) mass is 248 g/mol. The van der Waals surface area contributed by atoms with Crippen molar-refractivity contribution in [1.29, 1.82) is 0 Å². The quantitative estimate of drug-likeness (QED) is 0.820. The topological polar surface area (TPSA) is 24.9 Å². The Balaban J connectivity index is 2.20. The second kappa shape index (κ2) is 5.99. The van der Waals surface area contributed by atoms with Crippen molar-refractivity contribution in [3.05, 3.63) is 41.0 Å². The van der Waals surface area contributed by atoms with E-state index in [4.69, 9.17) is 11.6 Å². The number of halogens is 1. The van der Waals surface area contributed by atoms with E-state index in [2.05, 4.69) is 16.4 Å². The van der Waals surface area contributed by atoms with Crippen LogP contribution in [0, 0.1) is 0 Å². The molecule has 1 heterocycles. The van der Waals surface area contributed by atoms with Crippen LogP contribution in [0.3, 0.4) is 0 Å². The lowest BCUT2D eigenvalue weighted by molar-refractivity contribution is 0.678. The third kappa shape index (κ3) is 2.96. The highest BCUT2D eigenvalue weighted by molar-refractivity contribution is 6.35. The second-order valence-electron chi connectivity index (χ2n) is 4.17. The average Bonchev–Trinajstić information content (AvgIpc) is 2.37. The van der Waals surface area contributed by atoms with E-state index in [1.54, 1.807) is 0 Å². The van der Waals surface area contributed by atoms with Gasteiger partial charge >= 0.3 is 0 Å². The summed E-state index contributed by atoms with van der Waals surface area (Å²) in [6.07, 6.45) is 5.25. The van der Waals surface area contributed by atoms with Crippen molar-refractivity contribution < 1.29 is 0 Å². The van der Waals surface area contributed by atoms with Gasteiger partial charge in [0.2, 0.25) is 0 Å². The highest BCUT2D eigenvalue weighted by atomic mass is 35.5. The molecule has 0 atom stereocenters. The van der Waals surface area contributed by atoms with Crippen molar-refractivity contribution in [2.45, 2.75) is 19.3 Å². The normalized spacial score (nSPS) is 10.9. The molecule has 1 N–H and O–H groups in total. The molecule has 0 saturated heterocycles. The van der Waals surface area contributed by atoms with Gasteiger partial charge in [-0.05, 0) is 56.6 Å². The number of nitrogens with one attached hydrogen (secondary N) is 1. The fraction of sp³-hybridized carbons (Fsp3) is 0.357. The summed E-state index contributed by atoms with van der Waals surface area (Å²) in [6.45, 7) is 1.07. The van der Waals surface area contributed by atoms with E-state index >= 15 is 0 Å². The molecule has 3 heteroatoms. The zero-order valence-corrected chi connectivity index (χ0v) is 10.8. The lowest BCUT2D eigenvalue weighted by atomic mass is 10.0. The van der Waals surface area contributed by atoms with Gasteiger partial charge in [-0.25, -0.2) is 0 Å². The molecule has 1 aromatic carbocycles. The minimum absolute atomic E-state index is 0.784. The molecule has 0 fully saturated rings. The fourth-order valence-electron chi connectivity index (χ4n) is 2.02. The highest BCUT2D eigenvalue weighted by Gasteiger charge is 2.05. The van der Waals surface area contributed by atoms with E-state index in [9.17, 15) is 0 Å². The van der Waals surface area contributed by atoms with Crippen molar-refractivity contribution in [2.75, 3.05) is 13.6 Å². The van der Waals surface area contributed by atoms with Crippen LogP contribution in [0.2, 0.25) is 5.02 Å². The van der Waals surface area contributed by atoms with Gasteiger partial charge < -0.3 is 5.32 Å². The molecule has 0 spiro atoms. The van der Waals surface area contributed by atoms with Crippen molar-refractivity contribution >= 4 is 22.5 Å². The lowest BCUT2D eigenvalue weighted by Crippen LogP contribution is -2.07. The molecule has 2 nitrogen and oxygen atoms in total. The van der Waals surface area contributed by atoms with Gasteiger partial charge in [-0.3, -0.25) is 4.98 Å². The molecule has 1 aromatic heterocycles. The number of aromatic nitrogens is 1. The van der Waals surface area contributed by atoms with E-state index < -0.39 is 0 Å². The number of aryl methyl sites for hydroxylation is 1. The number of pyridine rings is 1. The maximum atomic E-state index is 6.16. The summed E-state index contributed by atoms with van der Waals surface area (Å²) in [4.78, 5) is 4.44. The zero-order valence-electron chi connectivity index (χ0n) is 10.0. The van der Waals surface area contributed by atoms with Gasteiger partial charge in [0.05, 0.1) is 5.52 Å². The van der Waals surface area contributed by atoms with Crippen LogP contribution in [-0.2, 0) is 6.42 Å². The standard InChI is InChI=1S/C14H17ClN2/c1-16-9-3-2-5-11-7-8-13(15)12-6-4-10-17-14(11)12/h4,6-8,10,16H,2-3,5,9H2,1H3. The zero-order chi connectivity index (χ0) is 12.1. The molecule has 0 amide bonds. The highest BCUT2D eigenvalue weighted by Crippen LogP contribution is 2.25. The van der Waals surface area contributed by atoms with Gasteiger partial charge in [-0.1, -0.05) is 17.7 Å².